The van der Waals surface area contributed by atoms with E-state index >= 15 is 0 Å². The van der Waals surface area contributed by atoms with Crippen molar-refractivity contribution in [1.82, 2.24) is 20.9 Å². The van der Waals surface area contributed by atoms with Crippen molar-refractivity contribution in [3.05, 3.63) is 0 Å². The molecule has 4 N–H and O–H groups in total. The maximum Gasteiger partial charge on any atom is 0.409 e. The Morgan fingerprint density at radius 3 is 2.31 bits per heavy atom. The molecule has 2 aliphatic heterocycles. The molecule has 0 radical (unpaired) electrons. The molecule has 0 aromatic rings. The lowest BCUT2D eigenvalue weighted by molar-refractivity contribution is -0.150. The summed E-state index contributed by atoms with van der Waals surface area (Å²) in [7, 11) is 0. The maximum absolute atomic E-state index is 12.8. The highest BCUT2D eigenvalue weighted by Gasteiger charge is 2.40. The topological polar surface area (TPSA) is 137 Å². The van der Waals surface area contributed by atoms with Crippen molar-refractivity contribution in [2.45, 2.75) is 77.5 Å². The van der Waals surface area contributed by atoms with Gasteiger partial charge in [0.25, 0.3) is 0 Å². The molecule has 0 saturated carbocycles. The first-order valence-corrected chi connectivity index (χ1v) is 11.4. The van der Waals surface area contributed by atoms with Gasteiger partial charge in [0.2, 0.25) is 17.5 Å². The van der Waals surface area contributed by atoms with Gasteiger partial charge in [-0.3, -0.25) is 14.9 Å². The van der Waals surface area contributed by atoms with Gasteiger partial charge in [0.05, 0.1) is 5.92 Å². The van der Waals surface area contributed by atoms with Crippen LogP contribution < -0.4 is 16.0 Å². The highest BCUT2D eigenvalue weighted by atomic mass is 16.6. The van der Waals surface area contributed by atoms with Crippen molar-refractivity contribution < 1.29 is 29.0 Å². The van der Waals surface area contributed by atoms with Crippen molar-refractivity contribution >= 4 is 23.9 Å². The zero-order valence-electron chi connectivity index (χ0n) is 19.7. The number of hydrogen-bond donors (Lipinski definition) is 4. The van der Waals surface area contributed by atoms with E-state index in [1.54, 1.807) is 25.7 Å². The van der Waals surface area contributed by atoms with Gasteiger partial charge in [-0.1, -0.05) is 0 Å². The molecular formula is C22H38N4O6. The molecule has 0 aromatic heterocycles. The van der Waals surface area contributed by atoms with Gasteiger partial charge in [0.1, 0.15) is 5.60 Å². The molecule has 2 fully saturated rings. The number of alkyl carbamates (subject to hydrolysis) is 1. The van der Waals surface area contributed by atoms with Crippen LogP contribution >= 0.6 is 0 Å². The molecule has 3 amide bonds. The lowest BCUT2D eigenvalue weighted by atomic mass is 9.92. The van der Waals surface area contributed by atoms with Gasteiger partial charge in [-0.2, -0.15) is 0 Å². The Bertz CT molecular complexity index is 701. The monoisotopic (exact) mass is 454 g/mol. The van der Waals surface area contributed by atoms with Crippen LogP contribution in [-0.2, 0) is 19.1 Å². The predicted octanol–water partition coefficient (Wildman–Crippen LogP) is 1.45. The smallest absolute Gasteiger partial charge is 0.409 e. The summed E-state index contributed by atoms with van der Waals surface area (Å²) >= 11 is 0. The number of nitrogens with one attached hydrogen (secondary N) is 3. The number of amides is 3. The Morgan fingerprint density at radius 2 is 1.72 bits per heavy atom. The van der Waals surface area contributed by atoms with Gasteiger partial charge in [-0.15, -0.1) is 0 Å². The molecule has 2 atom stereocenters. The summed E-state index contributed by atoms with van der Waals surface area (Å²) < 4.78 is 5.11. The number of likely N-dealkylation sites (tertiary alicyclic amines) is 1. The summed E-state index contributed by atoms with van der Waals surface area (Å²) in [5, 5.41) is 17.6. The number of rotatable bonds is 7. The summed E-state index contributed by atoms with van der Waals surface area (Å²) in [6, 6.07) is 0. The molecule has 0 aromatic carbocycles. The molecule has 0 unspecified atom stereocenters. The molecule has 0 spiro atoms. The van der Waals surface area contributed by atoms with Gasteiger partial charge in [-0.25, -0.2) is 9.59 Å². The summed E-state index contributed by atoms with van der Waals surface area (Å²) in [6.07, 6.45) is 3.75. The second kappa shape index (κ2) is 11.0. The Morgan fingerprint density at radius 1 is 1.06 bits per heavy atom. The van der Waals surface area contributed by atoms with Crippen LogP contribution in [0.5, 0.6) is 0 Å². The van der Waals surface area contributed by atoms with Crippen LogP contribution in [0, 0.1) is 11.8 Å². The van der Waals surface area contributed by atoms with Crippen LogP contribution in [0.15, 0.2) is 0 Å². The zero-order valence-corrected chi connectivity index (χ0v) is 19.7. The van der Waals surface area contributed by atoms with E-state index in [9.17, 15) is 24.3 Å². The fourth-order valence-electron chi connectivity index (χ4n) is 4.07. The third-order valence-electron chi connectivity index (χ3n) is 5.92. The molecule has 2 saturated heterocycles. The number of carboxylic acids is 1. The van der Waals surface area contributed by atoms with E-state index in [0.717, 1.165) is 32.4 Å². The first-order chi connectivity index (χ1) is 14.9. The van der Waals surface area contributed by atoms with Crippen molar-refractivity contribution in [3.63, 3.8) is 0 Å². The SMILES string of the molecule is CC(C)(C)OC(=O)N[C@](C)(NC(=O)[C@@H]1CCCN(C(=O)CCC2CCNCC2)C1)C(=O)O. The average molecular weight is 455 g/mol. The number of carboxylic acid groups (broad SMARTS) is 1. The second-order valence-electron chi connectivity index (χ2n) is 9.96. The Labute approximate surface area is 189 Å². The molecule has 32 heavy (non-hydrogen) atoms. The summed E-state index contributed by atoms with van der Waals surface area (Å²) in [6.45, 7) is 8.99. The van der Waals surface area contributed by atoms with Gasteiger partial charge in [0, 0.05) is 19.5 Å². The predicted molar refractivity (Wildman–Crippen MR) is 118 cm³/mol. The van der Waals surface area contributed by atoms with E-state index in [4.69, 9.17) is 4.74 Å². The number of nitrogens with zero attached hydrogens (tertiary/aromatic N) is 1. The summed E-state index contributed by atoms with van der Waals surface area (Å²) in [5.41, 5.74) is -2.84. The van der Waals surface area contributed by atoms with E-state index in [1.807, 2.05) is 0 Å². The normalized spacial score (nSPS) is 21.9. The molecule has 0 bridgehead atoms. The summed E-state index contributed by atoms with van der Waals surface area (Å²) in [5.74, 6) is -1.87. The first kappa shape index (κ1) is 25.9. The number of piperidine rings is 2. The van der Waals surface area contributed by atoms with E-state index in [-0.39, 0.29) is 12.5 Å². The van der Waals surface area contributed by atoms with Gasteiger partial charge in [-0.05, 0) is 78.8 Å². The first-order valence-electron chi connectivity index (χ1n) is 11.4. The van der Waals surface area contributed by atoms with Gasteiger partial charge < -0.3 is 25.4 Å². The van der Waals surface area contributed by atoms with E-state index in [2.05, 4.69) is 16.0 Å². The minimum atomic E-state index is -2.03. The quantitative estimate of drug-likeness (QED) is 0.427. The lowest BCUT2D eigenvalue weighted by Gasteiger charge is -2.35. The highest BCUT2D eigenvalue weighted by Crippen LogP contribution is 2.22. The molecule has 0 aliphatic carbocycles. The molecule has 2 heterocycles. The molecule has 2 aliphatic rings. The van der Waals surface area contributed by atoms with Crippen LogP contribution in [0.25, 0.3) is 0 Å². The molecule has 10 heteroatoms. The Hall–Kier alpha value is -2.36. The largest absolute Gasteiger partial charge is 0.478 e. The highest BCUT2D eigenvalue weighted by molar-refractivity contribution is 5.90. The van der Waals surface area contributed by atoms with Crippen molar-refractivity contribution in [3.8, 4) is 0 Å². The van der Waals surface area contributed by atoms with Crippen LogP contribution in [-0.4, -0.2) is 71.3 Å². The lowest BCUT2D eigenvalue weighted by Crippen LogP contribution is -2.65. The fourth-order valence-corrected chi connectivity index (χ4v) is 4.07. The van der Waals surface area contributed by atoms with Gasteiger partial charge in [0.15, 0.2) is 0 Å². The average Bonchev–Trinajstić information content (AvgIpc) is 2.71. The standard InChI is InChI=1S/C22H38N4O6/c1-21(2,3)32-20(31)25-22(4,19(29)30)24-18(28)16-6-5-13-26(14-16)17(27)8-7-15-9-11-23-12-10-15/h15-16,23H,5-14H2,1-4H3,(H,24,28)(H,25,31)(H,29,30)/t16-,22+/m1/s1. The molecular weight excluding hydrogens is 416 g/mol. The Kier molecular flexibility index (Phi) is 8.89. The number of hydrogen-bond acceptors (Lipinski definition) is 6. The van der Waals surface area contributed by atoms with Crippen LogP contribution in [0.2, 0.25) is 0 Å². The summed E-state index contributed by atoms with van der Waals surface area (Å²) in [4.78, 5) is 51.1. The number of ether oxygens (including phenoxy) is 1. The third kappa shape index (κ3) is 7.96. The van der Waals surface area contributed by atoms with Crippen molar-refractivity contribution in [2.75, 3.05) is 26.2 Å². The second-order valence-corrected chi connectivity index (χ2v) is 9.96. The maximum atomic E-state index is 12.8. The molecule has 10 nitrogen and oxygen atoms in total. The Balaban J connectivity index is 1.91. The minimum absolute atomic E-state index is 0.0360. The van der Waals surface area contributed by atoms with E-state index in [1.165, 1.54) is 6.92 Å². The van der Waals surface area contributed by atoms with Gasteiger partial charge >= 0.3 is 12.1 Å². The van der Waals surface area contributed by atoms with Crippen LogP contribution in [0.3, 0.4) is 0 Å². The molecule has 2 rings (SSSR count). The fraction of sp³-hybridized carbons (Fsp3) is 0.818. The van der Waals surface area contributed by atoms with Crippen molar-refractivity contribution in [2.24, 2.45) is 11.8 Å². The van der Waals surface area contributed by atoms with E-state index < -0.39 is 35.2 Å². The van der Waals surface area contributed by atoms with Crippen LogP contribution in [0.4, 0.5) is 4.79 Å². The number of carbonyl (C=O) groups is 4. The number of carbonyl (C=O) groups excluding carboxylic acids is 3. The number of aliphatic carboxylic acids is 1. The molecule has 182 valence electrons. The van der Waals surface area contributed by atoms with Crippen LogP contribution in [0.1, 0.15) is 66.2 Å². The third-order valence-corrected chi connectivity index (χ3v) is 5.92. The van der Waals surface area contributed by atoms with E-state index in [0.29, 0.717) is 31.7 Å². The zero-order chi connectivity index (χ0) is 23.9. The van der Waals surface area contributed by atoms with Crippen molar-refractivity contribution in [1.29, 1.82) is 0 Å². The minimum Gasteiger partial charge on any atom is -0.478 e.